The molecule has 1 fully saturated rings. The Hall–Kier alpha value is -1.35. The topological polar surface area (TPSA) is 60.8 Å². The fraction of sp³-hybridized carbons (Fsp3) is 0.562. The SMILES string of the molecule is CN(C(=O)c1csc(C#CCCO)c1)C1CCCCC1O. The average Bonchev–Trinajstić information content (AvgIpc) is 2.95. The fourth-order valence-corrected chi connectivity index (χ4v) is 3.37. The maximum absolute atomic E-state index is 12.5. The van der Waals surface area contributed by atoms with Crippen LogP contribution in [0.3, 0.4) is 0 Å². The Morgan fingerprint density at radius 3 is 2.95 bits per heavy atom. The minimum Gasteiger partial charge on any atom is -0.395 e. The largest absolute Gasteiger partial charge is 0.395 e. The third-order valence-corrected chi connectivity index (χ3v) is 4.65. The van der Waals surface area contributed by atoms with Gasteiger partial charge in [0.15, 0.2) is 0 Å². The van der Waals surface area contributed by atoms with Crippen molar-refractivity contribution in [1.82, 2.24) is 4.90 Å². The van der Waals surface area contributed by atoms with Gasteiger partial charge in [0, 0.05) is 18.8 Å². The number of thiophene rings is 1. The number of likely N-dealkylation sites (N-methyl/N-ethyl adjacent to an activating group) is 1. The van der Waals surface area contributed by atoms with Gasteiger partial charge in [0.1, 0.15) is 0 Å². The summed E-state index contributed by atoms with van der Waals surface area (Å²) in [6.45, 7) is 0.0481. The van der Waals surface area contributed by atoms with Crippen molar-refractivity contribution >= 4 is 17.2 Å². The molecule has 2 rings (SSSR count). The molecule has 0 saturated heterocycles. The van der Waals surface area contributed by atoms with E-state index >= 15 is 0 Å². The standard InChI is InChI=1S/C16H21NO3S/c1-17(14-7-2-3-8-15(14)19)16(20)12-10-13(21-11-12)6-4-5-9-18/h10-11,14-15,18-19H,2-3,5,7-9H2,1H3. The zero-order chi connectivity index (χ0) is 15.2. The number of hydrogen-bond donors (Lipinski definition) is 2. The van der Waals surface area contributed by atoms with Crippen LogP contribution in [0.5, 0.6) is 0 Å². The predicted octanol–water partition coefficient (Wildman–Crippen LogP) is 1.86. The summed E-state index contributed by atoms with van der Waals surface area (Å²) in [5.41, 5.74) is 0.619. The molecular weight excluding hydrogens is 286 g/mol. The van der Waals surface area contributed by atoms with E-state index < -0.39 is 6.10 Å². The Bertz CT molecular complexity index is 543. The highest BCUT2D eigenvalue weighted by atomic mass is 32.1. The van der Waals surface area contributed by atoms with Crippen molar-refractivity contribution in [2.75, 3.05) is 13.7 Å². The Kier molecular flexibility index (Phi) is 5.80. The lowest BCUT2D eigenvalue weighted by atomic mass is 9.91. The molecule has 0 aromatic carbocycles. The van der Waals surface area contributed by atoms with Crippen LogP contribution in [-0.2, 0) is 0 Å². The zero-order valence-electron chi connectivity index (χ0n) is 12.2. The highest BCUT2D eigenvalue weighted by molar-refractivity contribution is 7.10. The summed E-state index contributed by atoms with van der Waals surface area (Å²) in [6.07, 6.45) is 3.73. The van der Waals surface area contributed by atoms with E-state index in [2.05, 4.69) is 11.8 Å². The van der Waals surface area contributed by atoms with E-state index in [0.29, 0.717) is 12.0 Å². The molecule has 0 radical (unpaired) electrons. The van der Waals surface area contributed by atoms with Crippen LogP contribution in [0.1, 0.15) is 47.3 Å². The van der Waals surface area contributed by atoms with Gasteiger partial charge in [0.05, 0.1) is 29.2 Å². The van der Waals surface area contributed by atoms with Crippen molar-refractivity contribution in [3.05, 3.63) is 21.9 Å². The lowest BCUT2D eigenvalue weighted by molar-refractivity contribution is 0.0268. The quantitative estimate of drug-likeness (QED) is 0.838. The Morgan fingerprint density at radius 2 is 2.24 bits per heavy atom. The zero-order valence-corrected chi connectivity index (χ0v) is 13.0. The normalized spacial score (nSPS) is 21.5. The molecular formula is C16H21NO3S. The molecule has 21 heavy (non-hydrogen) atoms. The minimum absolute atomic E-state index is 0.0481. The minimum atomic E-state index is -0.421. The third kappa shape index (κ3) is 4.07. The van der Waals surface area contributed by atoms with Crippen molar-refractivity contribution in [3.63, 3.8) is 0 Å². The maximum Gasteiger partial charge on any atom is 0.254 e. The first kappa shape index (κ1) is 16.0. The van der Waals surface area contributed by atoms with Crippen molar-refractivity contribution in [2.45, 2.75) is 44.2 Å². The Labute approximate surface area is 129 Å². The first-order valence-corrected chi connectivity index (χ1v) is 8.15. The molecule has 1 aromatic rings. The van der Waals surface area contributed by atoms with Crippen molar-refractivity contribution in [3.8, 4) is 11.8 Å². The molecule has 1 heterocycles. The number of aliphatic hydroxyl groups excluding tert-OH is 2. The molecule has 2 unspecified atom stereocenters. The summed E-state index contributed by atoms with van der Waals surface area (Å²) in [7, 11) is 1.76. The van der Waals surface area contributed by atoms with E-state index in [-0.39, 0.29) is 18.6 Å². The van der Waals surface area contributed by atoms with Gasteiger partial charge in [-0.15, -0.1) is 11.3 Å². The van der Waals surface area contributed by atoms with Crippen LogP contribution in [0.2, 0.25) is 0 Å². The summed E-state index contributed by atoms with van der Waals surface area (Å²) in [5.74, 6) is 5.72. The molecule has 0 spiro atoms. The van der Waals surface area contributed by atoms with Crippen LogP contribution in [0.25, 0.3) is 0 Å². The average molecular weight is 307 g/mol. The van der Waals surface area contributed by atoms with Crippen LogP contribution < -0.4 is 0 Å². The van der Waals surface area contributed by atoms with Crippen LogP contribution in [-0.4, -0.2) is 46.8 Å². The highest BCUT2D eigenvalue weighted by Gasteiger charge is 2.30. The van der Waals surface area contributed by atoms with Crippen LogP contribution >= 0.6 is 11.3 Å². The van der Waals surface area contributed by atoms with E-state index in [1.165, 1.54) is 11.3 Å². The van der Waals surface area contributed by atoms with Gasteiger partial charge in [-0.1, -0.05) is 24.7 Å². The number of carbonyl (C=O) groups is 1. The van der Waals surface area contributed by atoms with Gasteiger partial charge in [-0.25, -0.2) is 0 Å². The number of hydrogen-bond acceptors (Lipinski definition) is 4. The van der Waals surface area contributed by atoms with Gasteiger partial charge in [0.2, 0.25) is 0 Å². The number of rotatable bonds is 3. The first-order valence-electron chi connectivity index (χ1n) is 7.27. The van der Waals surface area contributed by atoms with Crippen LogP contribution in [0.4, 0.5) is 0 Å². The summed E-state index contributed by atoms with van der Waals surface area (Å²) in [5, 5.41) is 20.5. The number of carbonyl (C=O) groups excluding carboxylic acids is 1. The lowest BCUT2D eigenvalue weighted by Crippen LogP contribution is -2.46. The van der Waals surface area contributed by atoms with Gasteiger partial charge < -0.3 is 15.1 Å². The number of aliphatic hydroxyl groups is 2. The fourth-order valence-electron chi connectivity index (χ4n) is 2.62. The molecule has 1 aliphatic rings. The smallest absolute Gasteiger partial charge is 0.254 e. The second kappa shape index (κ2) is 7.60. The summed E-state index contributed by atoms with van der Waals surface area (Å²) in [6, 6.07) is 1.69. The maximum atomic E-state index is 12.5. The molecule has 1 aromatic heterocycles. The van der Waals surface area contributed by atoms with Crippen molar-refractivity contribution in [1.29, 1.82) is 0 Å². The predicted molar refractivity (Wildman–Crippen MR) is 83.3 cm³/mol. The summed E-state index contributed by atoms with van der Waals surface area (Å²) < 4.78 is 0. The monoisotopic (exact) mass is 307 g/mol. The van der Waals surface area contributed by atoms with Gasteiger partial charge in [-0.2, -0.15) is 0 Å². The number of amides is 1. The molecule has 1 amide bonds. The Balaban J connectivity index is 2.04. The van der Waals surface area contributed by atoms with E-state index in [1.807, 2.05) is 0 Å². The van der Waals surface area contributed by atoms with E-state index in [1.54, 1.807) is 23.4 Å². The number of nitrogens with zero attached hydrogens (tertiary/aromatic N) is 1. The van der Waals surface area contributed by atoms with E-state index in [9.17, 15) is 9.90 Å². The molecule has 114 valence electrons. The summed E-state index contributed by atoms with van der Waals surface area (Å²) in [4.78, 5) is 15.0. The van der Waals surface area contributed by atoms with Crippen LogP contribution in [0.15, 0.2) is 11.4 Å². The molecule has 2 atom stereocenters. The molecule has 5 heteroatoms. The van der Waals surface area contributed by atoms with E-state index in [4.69, 9.17) is 5.11 Å². The second-order valence-electron chi connectivity index (χ2n) is 5.31. The third-order valence-electron chi connectivity index (χ3n) is 3.81. The van der Waals surface area contributed by atoms with Gasteiger partial charge in [-0.05, 0) is 18.9 Å². The van der Waals surface area contributed by atoms with Crippen molar-refractivity contribution < 1.29 is 15.0 Å². The second-order valence-corrected chi connectivity index (χ2v) is 6.22. The Morgan fingerprint density at radius 1 is 1.48 bits per heavy atom. The highest BCUT2D eigenvalue weighted by Crippen LogP contribution is 2.24. The van der Waals surface area contributed by atoms with Gasteiger partial charge >= 0.3 is 0 Å². The molecule has 0 aliphatic heterocycles. The first-order chi connectivity index (χ1) is 10.1. The van der Waals surface area contributed by atoms with Gasteiger partial charge in [0.25, 0.3) is 5.91 Å². The van der Waals surface area contributed by atoms with Crippen molar-refractivity contribution in [2.24, 2.45) is 0 Å². The van der Waals surface area contributed by atoms with E-state index in [0.717, 1.165) is 30.6 Å². The molecule has 1 aliphatic carbocycles. The molecule has 1 saturated carbocycles. The molecule has 0 bridgehead atoms. The molecule has 2 N–H and O–H groups in total. The van der Waals surface area contributed by atoms with Crippen LogP contribution in [0, 0.1) is 11.8 Å². The van der Waals surface area contributed by atoms with Gasteiger partial charge in [-0.3, -0.25) is 4.79 Å². The summed E-state index contributed by atoms with van der Waals surface area (Å²) >= 11 is 1.43. The molecule has 4 nitrogen and oxygen atoms in total. The lowest BCUT2D eigenvalue weighted by Gasteiger charge is -2.35.